The van der Waals surface area contributed by atoms with Crippen molar-refractivity contribution in [3.63, 3.8) is 0 Å². The summed E-state index contributed by atoms with van der Waals surface area (Å²) >= 11 is 0. The summed E-state index contributed by atoms with van der Waals surface area (Å²) in [6, 6.07) is 5.96. The number of hydrogen-bond donors (Lipinski definition) is 1. The molecule has 1 aliphatic rings. The van der Waals surface area contributed by atoms with Gasteiger partial charge in [0.05, 0.1) is 16.5 Å². The number of alkyl halides is 4. The zero-order valence-electron chi connectivity index (χ0n) is 19.6. The van der Waals surface area contributed by atoms with Crippen molar-refractivity contribution in [1.29, 1.82) is 5.26 Å². The molecular formula is C24H17F6N5O3S. The SMILES string of the molecule is N#Cc1cc(F)c(-c2cnc(C(F)(F)F)nc2)cc1CNC(=O)[C@@H]1C[C@@H](F)CN1S(=O)(=O)c1ccc(F)cc1. The molecule has 1 saturated heterocycles. The summed E-state index contributed by atoms with van der Waals surface area (Å²) in [6.07, 6.45) is -5.44. The van der Waals surface area contributed by atoms with E-state index in [0.717, 1.165) is 48.8 Å². The van der Waals surface area contributed by atoms with Crippen molar-refractivity contribution >= 4 is 15.9 Å². The third-order valence-electron chi connectivity index (χ3n) is 5.91. The van der Waals surface area contributed by atoms with Crippen LogP contribution in [0, 0.1) is 23.0 Å². The molecule has 0 saturated carbocycles. The van der Waals surface area contributed by atoms with Crippen LogP contribution in [-0.2, 0) is 27.5 Å². The highest BCUT2D eigenvalue weighted by Crippen LogP contribution is 2.30. The predicted molar refractivity (Wildman–Crippen MR) is 123 cm³/mol. The lowest BCUT2D eigenvalue weighted by molar-refractivity contribution is -0.145. The summed E-state index contributed by atoms with van der Waals surface area (Å²) in [7, 11) is -4.37. The Bertz CT molecular complexity index is 1540. The second-order valence-electron chi connectivity index (χ2n) is 8.49. The van der Waals surface area contributed by atoms with Crippen LogP contribution < -0.4 is 5.32 Å². The highest BCUT2D eigenvalue weighted by molar-refractivity contribution is 7.89. The summed E-state index contributed by atoms with van der Waals surface area (Å²) in [5, 5.41) is 11.8. The number of nitrogens with zero attached hydrogens (tertiary/aromatic N) is 4. The van der Waals surface area contributed by atoms with Gasteiger partial charge in [-0.05, 0) is 42.0 Å². The fourth-order valence-corrected chi connectivity index (χ4v) is 5.63. The summed E-state index contributed by atoms with van der Waals surface area (Å²) in [5.74, 6) is -4.00. The fourth-order valence-electron chi connectivity index (χ4n) is 4.01. The van der Waals surface area contributed by atoms with Gasteiger partial charge in [0.1, 0.15) is 23.8 Å². The topological polar surface area (TPSA) is 116 Å². The Labute approximate surface area is 218 Å². The van der Waals surface area contributed by atoms with Gasteiger partial charge in [0.2, 0.25) is 21.8 Å². The molecule has 39 heavy (non-hydrogen) atoms. The minimum atomic E-state index is -4.81. The van der Waals surface area contributed by atoms with Gasteiger partial charge in [-0.25, -0.2) is 31.6 Å². The van der Waals surface area contributed by atoms with Gasteiger partial charge in [0.15, 0.2) is 0 Å². The minimum absolute atomic E-state index is 0.0462. The first kappa shape index (κ1) is 28.0. The molecule has 0 aliphatic carbocycles. The van der Waals surface area contributed by atoms with Crippen LogP contribution in [0.4, 0.5) is 26.3 Å². The van der Waals surface area contributed by atoms with Gasteiger partial charge in [-0.15, -0.1) is 0 Å². The molecule has 2 atom stereocenters. The molecule has 2 aromatic carbocycles. The zero-order valence-corrected chi connectivity index (χ0v) is 20.4. The molecule has 2 heterocycles. The molecule has 0 unspecified atom stereocenters. The van der Waals surface area contributed by atoms with Crippen molar-refractivity contribution in [2.45, 2.75) is 36.3 Å². The lowest BCUT2D eigenvalue weighted by Crippen LogP contribution is -2.45. The van der Waals surface area contributed by atoms with Crippen LogP contribution in [0.3, 0.4) is 0 Å². The van der Waals surface area contributed by atoms with Crippen LogP contribution >= 0.6 is 0 Å². The van der Waals surface area contributed by atoms with Crippen LogP contribution in [0.5, 0.6) is 0 Å². The third kappa shape index (κ3) is 5.86. The number of nitrogens with one attached hydrogen (secondary N) is 1. The second-order valence-corrected chi connectivity index (χ2v) is 10.4. The quantitative estimate of drug-likeness (QED) is 0.453. The van der Waals surface area contributed by atoms with E-state index >= 15 is 0 Å². The van der Waals surface area contributed by atoms with Crippen LogP contribution in [0.15, 0.2) is 53.7 Å². The molecule has 15 heteroatoms. The van der Waals surface area contributed by atoms with Gasteiger partial charge < -0.3 is 5.32 Å². The van der Waals surface area contributed by atoms with Gasteiger partial charge in [-0.1, -0.05) is 0 Å². The predicted octanol–water partition coefficient (Wildman–Crippen LogP) is 3.73. The van der Waals surface area contributed by atoms with E-state index in [4.69, 9.17) is 0 Å². The molecular weight excluding hydrogens is 552 g/mol. The molecule has 0 radical (unpaired) electrons. The van der Waals surface area contributed by atoms with Crippen molar-refractivity contribution in [2.24, 2.45) is 0 Å². The summed E-state index contributed by atoms with van der Waals surface area (Å²) in [4.78, 5) is 18.9. The average Bonchev–Trinajstić information content (AvgIpc) is 3.30. The molecule has 1 N–H and O–H groups in total. The Kier molecular flexibility index (Phi) is 7.62. The van der Waals surface area contributed by atoms with Gasteiger partial charge in [0.25, 0.3) is 0 Å². The Hall–Kier alpha value is -4.03. The molecule has 0 bridgehead atoms. The van der Waals surface area contributed by atoms with E-state index in [2.05, 4.69) is 15.3 Å². The Morgan fingerprint density at radius 3 is 2.36 bits per heavy atom. The molecule has 1 aromatic heterocycles. The molecule has 1 fully saturated rings. The lowest BCUT2D eigenvalue weighted by Gasteiger charge is -2.23. The Balaban J connectivity index is 1.57. The molecule has 3 aromatic rings. The zero-order chi connectivity index (χ0) is 28.5. The summed E-state index contributed by atoms with van der Waals surface area (Å²) < 4.78 is 107. The number of hydrogen-bond acceptors (Lipinski definition) is 6. The maximum atomic E-state index is 14.6. The average molecular weight is 569 g/mol. The van der Waals surface area contributed by atoms with E-state index in [9.17, 15) is 44.8 Å². The first-order valence-corrected chi connectivity index (χ1v) is 12.6. The van der Waals surface area contributed by atoms with Crippen molar-refractivity contribution < 1.29 is 39.6 Å². The van der Waals surface area contributed by atoms with Gasteiger partial charge in [-0.3, -0.25) is 4.79 Å². The number of carbonyl (C=O) groups excluding carboxylic acids is 1. The van der Waals surface area contributed by atoms with Crippen molar-refractivity contribution in [1.82, 2.24) is 19.6 Å². The number of amides is 1. The van der Waals surface area contributed by atoms with Crippen molar-refractivity contribution in [3.8, 4) is 17.2 Å². The Morgan fingerprint density at radius 1 is 1.13 bits per heavy atom. The number of halogens is 6. The smallest absolute Gasteiger partial charge is 0.351 e. The monoisotopic (exact) mass is 569 g/mol. The Morgan fingerprint density at radius 2 is 1.77 bits per heavy atom. The standard InChI is InChI=1S/C24H17F6N5O3S/c25-16-1-3-18(4-2-16)39(37,38)35-12-17(26)7-21(35)22(36)32-9-14-5-19(20(27)6-13(14)8-31)15-10-33-23(34-11-15)24(28,29)30/h1-6,10-11,17,21H,7,9,12H2,(H,32,36)/t17-,21+/m1/s1. The van der Waals surface area contributed by atoms with Crippen molar-refractivity contribution in [2.75, 3.05) is 6.54 Å². The van der Waals surface area contributed by atoms with Crippen LogP contribution in [0.25, 0.3) is 11.1 Å². The van der Waals surface area contributed by atoms with E-state index < -0.39 is 71.3 Å². The number of aromatic nitrogens is 2. The first-order valence-electron chi connectivity index (χ1n) is 11.1. The molecule has 4 rings (SSSR count). The van der Waals surface area contributed by atoms with E-state index in [-0.39, 0.29) is 27.1 Å². The first-order chi connectivity index (χ1) is 18.3. The molecule has 1 aliphatic heterocycles. The minimum Gasteiger partial charge on any atom is -0.351 e. The normalized spacial score (nSPS) is 18.1. The molecule has 0 spiro atoms. The fraction of sp³-hybridized carbons (Fsp3) is 0.250. The highest BCUT2D eigenvalue weighted by atomic mass is 32.2. The summed E-state index contributed by atoms with van der Waals surface area (Å²) in [6.45, 7) is -1.04. The van der Waals surface area contributed by atoms with Crippen LogP contribution in [-0.4, -0.2) is 47.4 Å². The molecule has 204 valence electrons. The van der Waals surface area contributed by atoms with Crippen LogP contribution in [0.1, 0.15) is 23.4 Å². The largest absolute Gasteiger partial charge is 0.451 e. The summed E-state index contributed by atoms with van der Waals surface area (Å²) in [5.41, 5.74) is -0.554. The van der Waals surface area contributed by atoms with Crippen LogP contribution in [0.2, 0.25) is 0 Å². The number of carbonyl (C=O) groups is 1. The van der Waals surface area contributed by atoms with Gasteiger partial charge in [-0.2, -0.15) is 22.7 Å². The van der Waals surface area contributed by atoms with E-state index in [1.807, 2.05) is 0 Å². The highest BCUT2D eigenvalue weighted by Gasteiger charge is 2.44. The van der Waals surface area contributed by atoms with Crippen molar-refractivity contribution in [3.05, 3.63) is 77.4 Å². The lowest BCUT2D eigenvalue weighted by atomic mass is 10.00. The molecule has 1 amide bonds. The second kappa shape index (κ2) is 10.6. The maximum Gasteiger partial charge on any atom is 0.451 e. The molecule has 8 nitrogen and oxygen atoms in total. The number of nitriles is 1. The third-order valence-corrected chi connectivity index (χ3v) is 7.80. The number of benzene rings is 2. The van der Waals surface area contributed by atoms with E-state index in [1.165, 1.54) is 0 Å². The number of rotatable bonds is 6. The van der Waals surface area contributed by atoms with E-state index in [0.29, 0.717) is 4.31 Å². The number of sulfonamides is 1. The van der Waals surface area contributed by atoms with Gasteiger partial charge in [0, 0.05) is 43.0 Å². The van der Waals surface area contributed by atoms with E-state index in [1.54, 1.807) is 6.07 Å². The maximum absolute atomic E-state index is 14.6. The van der Waals surface area contributed by atoms with Gasteiger partial charge >= 0.3 is 6.18 Å².